The molecule has 0 N–H and O–H groups in total. The second kappa shape index (κ2) is 24.0. The molecule has 0 aromatic heterocycles. The van der Waals surface area contributed by atoms with E-state index >= 15 is 0 Å². The summed E-state index contributed by atoms with van der Waals surface area (Å²) in [5.74, 6) is 0. The third-order valence-corrected chi connectivity index (χ3v) is 14.1. The zero-order valence-electron chi connectivity index (χ0n) is 27.3. The fourth-order valence-corrected chi connectivity index (χ4v) is 7.69. The van der Waals surface area contributed by atoms with Gasteiger partial charge in [-0.3, -0.25) is 0 Å². The Morgan fingerprint density at radius 1 is 0.277 bits per heavy atom. The van der Waals surface area contributed by atoms with Gasteiger partial charge in [0.25, 0.3) is 0 Å². The van der Waals surface area contributed by atoms with Gasteiger partial charge < -0.3 is 16.5 Å². The van der Waals surface area contributed by atoms with Gasteiger partial charge in [-0.25, -0.2) is 67.3 Å². The molecule has 0 heterocycles. The largest absolute Gasteiger partial charge is 3.00 e. The van der Waals surface area contributed by atoms with Gasteiger partial charge in [-0.05, 0) is 0 Å². The van der Waals surface area contributed by atoms with E-state index in [-0.39, 0.29) is 41.9 Å². The quantitative estimate of drug-likeness (QED) is 0.233. The standard InChI is InChI=1S/4C2F6NO4S2.C2H3N.Ag.Ru/c4*3-1(4,5)14(10,11)9-15(12,13)2(6,7)8;1-2-3;;/h;;;;1H3;;/q4*-1;;+1;+3. The Bertz CT molecular complexity index is 2000. The van der Waals surface area contributed by atoms with E-state index in [0.29, 0.717) is 0 Å². The summed E-state index contributed by atoms with van der Waals surface area (Å²) in [5, 5.41) is 7.32. The molecule has 0 aromatic carbocycles. The molecule has 65 heavy (non-hydrogen) atoms. The van der Waals surface area contributed by atoms with Crippen molar-refractivity contribution in [2.75, 3.05) is 0 Å². The van der Waals surface area contributed by atoms with E-state index in [1.165, 1.54) is 6.92 Å². The summed E-state index contributed by atoms with van der Waals surface area (Å²) in [6, 6.07) is 1.75. The molecule has 0 unspecified atom stereocenters. The van der Waals surface area contributed by atoms with Crippen molar-refractivity contribution in [2.24, 2.45) is 0 Å². The van der Waals surface area contributed by atoms with Gasteiger partial charge >= 0.3 is 85.9 Å². The van der Waals surface area contributed by atoms with E-state index in [4.69, 9.17) is 5.26 Å². The number of hydrogen-bond acceptors (Lipinski definition) is 17. The Kier molecular flexibility index (Phi) is 28.7. The molecule has 21 nitrogen and oxygen atoms in total. The van der Waals surface area contributed by atoms with Crippen molar-refractivity contribution in [3.63, 3.8) is 0 Å². The van der Waals surface area contributed by atoms with Crippen LogP contribution < -0.4 is 0 Å². The molecule has 0 aliphatic carbocycles. The maximum absolute atomic E-state index is 11.4. The zero-order chi connectivity index (χ0) is 53.5. The van der Waals surface area contributed by atoms with Gasteiger partial charge in [0.1, 0.15) is 0 Å². The smallest absolute Gasteiger partial charge is 0.421 e. The van der Waals surface area contributed by atoms with Crippen molar-refractivity contribution in [1.29, 1.82) is 5.26 Å². The first kappa shape index (κ1) is 77.8. The number of rotatable bonds is 8. The van der Waals surface area contributed by atoms with E-state index in [2.05, 4.69) is 0 Å². The SMILES string of the molecule is CC#N.O=S(=O)([N-]S(=O)(=O)C(F)(F)F)C(F)(F)F.O=S(=O)([N-]S(=O)(=O)C(F)(F)F)C(F)(F)F.O=S(=O)([N-]S(=O)(=O)C(F)(F)F)C(F)(F)F.O=S(=O)([N-]S(=O)(=O)C(F)(F)F)C(F)(F)F.[Ag+].[Ru+3]. The molecule has 1 radical (unpaired) electrons. The van der Waals surface area contributed by atoms with Crippen molar-refractivity contribution in [3.8, 4) is 6.07 Å². The van der Waals surface area contributed by atoms with E-state index in [0.717, 1.165) is 16.5 Å². The van der Waals surface area contributed by atoms with Gasteiger partial charge in [0.2, 0.25) is 0 Å². The summed E-state index contributed by atoms with van der Waals surface area (Å²) >= 11 is 0. The second-order valence-corrected chi connectivity index (χ2v) is 21.6. The molecule has 0 saturated carbocycles. The number of halogens is 24. The van der Waals surface area contributed by atoms with E-state index in [9.17, 15) is 173 Å². The van der Waals surface area contributed by atoms with Gasteiger partial charge in [-0.2, -0.15) is 111 Å². The van der Waals surface area contributed by atoms with Crippen LogP contribution in [0.3, 0.4) is 0 Å². The topological polar surface area (TPSA) is 353 Å². The normalized spacial score (nSPS) is 14.3. The molecule has 0 fully saturated rings. The van der Waals surface area contributed by atoms with Gasteiger partial charge in [0.15, 0.2) is 80.2 Å². The van der Waals surface area contributed by atoms with Gasteiger partial charge in [-0.1, -0.05) is 0 Å². The predicted molar refractivity (Wildman–Crippen MR) is 145 cm³/mol. The maximum atomic E-state index is 11.4. The third-order valence-electron chi connectivity index (χ3n) is 3.12. The molecule has 0 atom stereocenters. The van der Waals surface area contributed by atoms with Crippen molar-refractivity contribution in [2.45, 2.75) is 51.0 Å². The van der Waals surface area contributed by atoms with Crippen molar-refractivity contribution in [3.05, 3.63) is 16.5 Å². The van der Waals surface area contributed by atoms with Crippen molar-refractivity contribution in [1.82, 2.24) is 0 Å². The first-order valence-corrected chi connectivity index (χ1v) is 22.5. The third kappa shape index (κ3) is 25.7. The fraction of sp³-hybridized carbons (Fsp3) is 0.900. The molecule has 0 bridgehead atoms. The Hall–Kier alpha value is -1.39. The van der Waals surface area contributed by atoms with Crippen molar-refractivity contribution >= 4 is 80.2 Å². The predicted octanol–water partition coefficient (Wildman–Crippen LogP) is 4.76. The van der Waals surface area contributed by atoms with Gasteiger partial charge in [0.05, 0.1) is 6.07 Å². The first-order valence-electron chi connectivity index (χ1n) is 11.0. The zero-order valence-corrected chi connectivity index (χ0v) is 37.0. The van der Waals surface area contributed by atoms with E-state index in [1.54, 1.807) is 6.07 Å². The van der Waals surface area contributed by atoms with Crippen LogP contribution in [0.2, 0.25) is 0 Å². The van der Waals surface area contributed by atoms with E-state index < -0.39 is 124 Å². The number of nitriles is 1. The number of hydrogen-bond donors (Lipinski definition) is 0. The van der Waals surface area contributed by atoms with Crippen LogP contribution in [0, 0.1) is 11.3 Å². The summed E-state index contributed by atoms with van der Waals surface area (Å²) in [5.41, 5.74) is -49.6. The Morgan fingerprint density at radius 2 is 0.323 bits per heavy atom. The molecule has 55 heteroatoms. The van der Waals surface area contributed by atoms with Crippen LogP contribution >= 0.6 is 0 Å². The van der Waals surface area contributed by atoms with Crippen molar-refractivity contribution < 1.29 is 215 Å². The minimum atomic E-state index is -6.72. The Balaban J connectivity index is -0.000000134. The monoisotopic (exact) mass is 1370 g/mol. The summed E-state index contributed by atoms with van der Waals surface area (Å²) in [7, 11) is -53.8. The average Bonchev–Trinajstić information content (AvgIpc) is 2.87. The fourth-order valence-electron chi connectivity index (χ4n) is 0.855. The van der Waals surface area contributed by atoms with E-state index in [1.807, 2.05) is 0 Å². The molecule has 0 aliphatic heterocycles. The summed E-state index contributed by atoms with van der Waals surface area (Å²) in [4.78, 5) is 0. The molecular weight excluding hydrogens is 1370 g/mol. The number of nitrogens with zero attached hydrogens (tertiary/aromatic N) is 5. The Labute approximate surface area is 371 Å². The first-order chi connectivity index (χ1) is 26.2. The molecule has 0 rings (SSSR count). The van der Waals surface area contributed by atoms with Crippen LogP contribution in [-0.4, -0.2) is 111 Å². The molecule has 0 amide bonds. The summed E-state index contributed by atoms with van der Waals surface area (Å²) in [6.45, 7) is 1.43. The molecule has 399 valence electrons. The maximum Gasteiger partial charge on any atom is 3.00 e. The van der Waals surface area contributed by atoms with Crippen LogP contribution in [0.4, 0.5) is 105 Å². The molecule has 0 aliphatic rings. The minimum Gasteiger partial charge on any atom is -0.421 e. The molecule has 0 spiro atoms. The number of alkyl halides is 24. The van der Waals surface area contributed by atoms with Gasteiger partial charge in [-0.15, -0.1) is 0 Å². The summed E-state index contributed by atoms with van der Waals surface area (Å²) in [6.07, 6.45) is 0. The molecule has 0 aromatic rings. The van der Waals surface area contributed by atoms with Crippen LogP contribution in [0.5, 0.6) is 0 Å². The Morgan fingerprint density at radius 3 is 0.354 bits per heavy atom. The average molecular weight is 1370 g/mol. The number of sulfonamides is 8. The van der Waals surface area contributed by atoms with Crippen LogP contribution in [0.15, 0.2) is 0 Å². The van der Waals surface area contributed by atoms with Crippen LogP contribution in [0.25, 0.3) is 16.5 Å². The second-order valence-electron chi connectivity index (χ2n) is 7.89. The summed E-state index contributed by atoms with van der Waals surface area (Å²) < 4.78 is 437. The minimum absolute atomic E-state index is 0. The molecular formula is C10H3AgF24N5O16RuS8. The molecule has 0 saturated heterocycles. The van der Waals surface area contributed by atoms with Crippen LogP contribution in [0.1, 0.15) is 6.92 Å². The van der Waals surface area contributed by atoms with Gasteiger partial charge in [0, 0.05) is 6.92 Å². The van der Waals surface area contributed by atoms with Crippen LogP contribution in [-0.2, 0) is 122 Å².